The normalized spacial score (nSPS) is 9.77. The zero-order valence-electron chi connectivity index (χ0n) is 10.1. The maximum Gasteiger partial charge on any atom is -0.0167 e. The Morgan fingerprint density at radius 2 is 1.69 bits per heavy atom. The Hall–Kier alpha value is -0.780. The van der Waals surface area contributed by atoms with Crippen LogP contribution in [-0.4, -0.2) is 0 Å². The molecule has 0 unspecified atom stereocenters. The van der Waals surface area contributed by atoms with E-state index in [-0.39, 0.29) is 0 Å². The molecule has 0 atom stereocenters. The second-order valence-electron chi connectivity index (χ2n) is 2.21. The van der Waals surface area contributed by atoms with E-state index in [1.165, 1.54) is 12.0 Å². The molecular formula is C13H26. The van der Waals surface area contributed by atoms with E-state index in [0.29, 0.717) is 0 Å². The van der Waals surface area contributed by atoms with Crippen molar-refractivity contribution in [1.82, 2.24) is 0 Å². The average molecular weight is 182 g/mol. The summed E-state index contributed by atoms with van der Waals surface area (Å²) in [6.45, 7) is 16.4. The fraction of sp³-hybridized carbons (Fsp3) is 0.538. The van der Waals surface area contributed by atoms with Crippen LogP contribution in [0.3, 0.4) is 0 Å². The summed E-state index contributed by atoms with van der Waals surface area (Å²) in [5, 5.41) is 0. The van der Waals surface area contributed by atoms with Crippen LogP contribution in [0.25, 0.3) is 0 Å². The van der Waals surface area contributed by atoms with Crippen molar-refractivity contribution >= 4 is 0 Å². The van der Waals surface area contributed by atoms with E-state index in [2.05, 4.69) is 52.2 Å². The molecule has 0 aliphatic heterocycles. The van der Waals surface area contributed by atoms with Crippen molar-refractivity contribution in [3.63, 3.8) is 0 Å². The SMILES string of the molecule is C/C=C\C/C=C(/C)CC.C=C.CC. The third-order valence-electron chi connectivity index (χ3n) is 1.40. The summed E-state index contributed by atoms with van der Waals surface area (Å²) in [5.74, 6) is 0. The number of hydrogen-bond acceptors (Lipinski definition) is 0. The summed E-state index contributed by atoms with van der Waals surface area (Å²) >= 11 is 0. The van der Waals surface area contributed by atoms with E-state index < -0.39 is 0 Å². The molecule has 0 saturated heterocycles. The molecule has 0 aliphatic rings. The number of allylic oxidation sites excluding steroid dienone is 4. The first kappa shape index (κ1) is 18.1. The van der Waals surface area contributed by atoms with Crippen LogP contribution in [0, 0.1) is 0 Å². The Morgan fingerprint density at radius 3 is 2.00 bits per heavy atom. The van der Waals surface area contributed by atoms with Gasteiger partial charge in [-0.25, -0.2) is 0 Å². The van der Waals surface area contributed by atoms with Crippen LogP contribution >= 0.6 is 0 Å². The van der Waals surface area contributed by atoms with Gasteiger partial charge < -0.3 is 0 Å². The standard InChI is InChI=1S/C9H16.C2H6.C2H4/c1-4-6-7-8-9(3)5-2;2*1-2/h4,6,8H,5,7H2,1-3H3;1-2H3;1-2H2/b6-4-,9-8-;;. The van der Waals surface area contributed by atoms with Crippen LogP contribution in [0.15, 0.2) is 37.0 Å². The molecule has 0 rings (SSSR count). The summed E-state index contributed by atoms with van der Waals surface area (Å²) in [6, 6.07) is 0. The zero-order valence-corrected chi connectivity index (χ0v) is 10.1. The van der Waals surface area contributed by atoms with E-state index >= 15 is 0 Å². The van der Waals surface area contributed by atoms with Crippen LogP contribution in [0.1, 0.15) is 47.5 Å². The first-order valence-corrected chi connectivity index (χ1v) is 5.08. The monoisotopic (exact) mass is 182 g/mol. The third kappa shape index (κ3) is 24.7. The van der Waals surface area contributed by atoms with Gasteiger partial charge in [-0.1, -0.05) is 44.6 Å². The van der Waals surface area contributed by atoms with Crippen LogP contribution in [0.2, 0.25) is 0 Å². The van der Waals surface area contributed by atoms with Gasteiger partial charge in [0.25, 0.3) is 0 Å². The van der Waals surface area contributed by atoms with E-state index in [1.807, 2.05) is 13.8 Å². The Bertz CT molecular complexity index is 118. The predicted molar refractivity (Wildman–Crippen MR) is 66.1 cm³/mol. The molecule has 0 aromatic heterocycles. The van der Waals surface area contributed by atoms with E-state index in [4.69, 9.17) is 0 Å². The summed E-state index contributed by atoms with van der Waals surface area (Å²) in [4.78, 5) is 0. The Kier molecular flexibility index (Phi) is 31.3. The first-order valence-electron chi connectivity index (χ1n) is 5.08. The molecule has 78 valence electrons. The molecule has 0 aromatic carbocycles. The third-order valence-corrected chi connectivity index (χ3v) is 1.40. The Morgan fingerprint density at radius 1 is 1.23 bits per heavy atom. The summed E-state index contributed by atoms with van der Waals surface area (Å²) in [7, 11) is 0. The fourth-order valence-corrected chi connectivity index (χ4v) is 0.550. The zero-order chi connectivity index (χ0) is 11.1. The van der Waals surface area contributed by atoms with Crippen molar-refractivity contribution < 1.29 is 0 Å². The maximum absolute atomic E-state index is 3.00. The van der Waals surface area contributed by atoms with E-state index in [1.54, 1.807) is 0 Å². The second kappa shape index (κ2) is 22.5. The summed E-state index contributed by atoms with van der Waals surface area (Å²) in [5.41, 5.74) is 1.48. The molecule has 0 heteroatoms. The highest BCUT2D eigenvalue weighted by atomic mass is 13.9. The highest BCUT2D eigenvalue weighted by molar-refractivity contribution is 5.00. The molecule has 0 amide bonds. The van der Waals surface area contributed by atoms with Gasteiger partial charge >= 0.3 is 0 Å². The molecule has 0 N–H and O–H groups in total. The molecule has 0 nitrogen and oxygen atoms in total. The molecule has 13 heavy (non-hydrogen) atoms. The lowest BCUT2D eigenvalue weighted by molar-refractivity contribution is 1.08. The van der Waals surface area contributed by atoms with E-state index in [9.17, 15) is 0 Å². The van der Waals surface area contributed by atoms with Crippen molar-refractivity contribution in [2.75, 3.05) is 0 Å². The summed E-state index contributed by atoms with van der Waals surface area (Å²) in [6.07, 6.45) is 8.78. The second-order valence-corrected chi connectivity index (χ2v) is 2.21. The Labute approximate surface area is 85.1 Å². The minimum atomic E-state index is 1.09. The molecule has 0 bridgehead atoms. The van der Waals surface area contributed by atoms with Crippen LogP contribution in [-0.2, 0) is 0 Å². The minimum absolute atomic E-state index is 1.09. The van der Waals surface area contributed by atoms with Gasteiger partial charge in [-0.05, 0) is 26.7 Å². The first-order chi connectivity index (χ1) is 6.31. The topological polar surface area (TPSA) is 0 Å². The lowest BCUT2D eigenvalue weighted by Gasteiger charge is -1.90. The van der Waals surface area contributed by atoms with E-state index in [0.717, 1.165) is 6.42 Å². The molecule has 0 saturated carbocycles. The smallest absolute Gasteiger partial charge is 0.0167 e. The van der Waals surface area contributed by atoms with Gasteiger partial charge in [-0.2, -0.15) is 0 Å². The van der Waals surface area contributed by atoms with Crippen molar-refractivity contribution in [2.45, 2.75) is 47.5 Å². The van der Waals surface area contributed by atoms with Crippen LogP contribution in [0.4, 0.5) is 0 Å². The highest BCUT2D eigenvalue weighted by Gasteiger charge is 1.78. The molecule has 0 heterocycles. The maximum atomic E-state index is 3.00. The number of hydrogen-bond donors (Lipinski definition) is 0. The number of rotatable bonds is 3. The van der Waals surface area contributed by atoms with Gasteiger partial charge in [-0.15, -0.1) is 13.2 Å². The fourth-order valence-electron chi connectivity index (χ4n) is 0.550. The van der Waals surface area contributed by atoms with Crippen LogP contribution < -0.4 is 0 Å². The van der Waals surface area contributed by atoms with Gasteiger partial charge in [0.05, 0.1) is 0 Å². The minimum Gasteiger partial charge on any atom is -0.106 e. The average Bonchev–Trinajstić information content (AvgIpc) is 2.24. The van der Waals surface area contributed by atoms with Gasteiger partial charge in [0.2, 0.25) is 0 Å². The van der Waals surface area contributed by atoms with Gasteiger partial charge in [-0.3, -0.25) is 0 Å². The lowest BCUT2D eigenvalue weighted by Crippen LogP contribution is -1.69. The Balaban J connectivity index is -0.000000218. The molecule has 0 aromatic rings. The largest absolute Gasteiger partial charge is 0.106 e. The van der Waals surface area contributed by atoms with Crippen LogP contribution in [0.5, 0.6) is 0 Å². The van der Waals surface area contributed by atoms with Crippen molar-refractivity contribution in [1.29, 1.82) is 0 Å². The van der Waals surface area contributed by atoms with Gasteiger partial charge in [0.1, 0.15) is 0 Å². The molecule has 0 spiro atoms. The quantitative estimate of drug-likeness (QED) is 0.530. The molecular weight excluding hydrogens is 156 g/mol. The van der Waals surface area contributed by atoms with Crippen molar-refractivity contribution in [2.24, 2.45) is 0 Å². The summed E-state index contributed by atoms with van der Waals surface area (Å²) < 4.78 is 0. The molecule has 0 aliphatic carbocycles. The van der Waals surface area contributed by atoms with Gasteiger partial charge in [0.15, 0.2) is 0 Å². The highest BCUT2D eigenvalue weighted by Crippen LogP contribution is 1.99. The molecule has 0 radical (unpaired) electrons. The van der Waals surface area contributed by atoms with Crippen molar-refractivity contribution in [3.8, 4) is 0 Å². The predicted octanol–water partition coefficient (Wildman–Crippen LogP) is 5.14. The van der Waals surface area contributed by atoms with Crippen molar-refractivity contribution in [3.05, 3.63) is 37.0 Å². The van der Waals surface area contributed by atoms with Gasteiger partial charge in [0, 0.05) is 0 Å². The molecule has 0 fully saturated rings. The lowest BCUT2D eigenvalue weighted by atomic mass is 10.2.